The summed E-state index contributed by atoms with van der Waals surface area (Å²) in [6.45, 7) is 5.73. The van der Waals surface area contributed by atoms with Crippen LogP contribution in [0.1, 0.15) is 44.0 Å². The Morgan fingerprint density at radius 3 is 2.68 bits per heavy atom. The average Bonchev–Trinajstić information content (AvgIpc) is 2.42. The quantitative estimate of drug-likeness (QED) is 0.594. The number of hydrogen-bond donors (Lipinski definition) is 2. The monoisotopic (exact) mass is 328 g/mol. The van der Waals surface area contributed by atoms with Crippen LogP contribution >= 0.6 is 11.6 Å². The van der Waals surface area contributed by atoms with E-state index in [4.69, 9.17) is 11.6 Å². The van der Waals surface area contributed by atoms with E-state index in [-0.39, 0.29) is 22.8 Å². The van der Waals surface area contributed by atoms with Crippen LogP contribution in [0.5, 0.6) is 0 Å². The highest BCUT2D eigenvalue weighted by molar-refractivity contribution is 6.31. The summed E-state index contributed by atoms with van der Waals surface area (Å²) in [6, 6.07) is 3.79. The van der Waals surface area contributed by atoms with Gasteiger partial charge in [-0.1, -0.05) is 25.4 Å². The molecular weight excluding hydrogens is 308 g/mol. The molecule has 22 heavy (non-hydrogen) atoms. The zero-order chi connectivity index (χ0) is 16.9. The third-order valence-electron chi connectivity index (χ3n) is 3.29. The smallest absolute Gasteiger partial charge is 0.282 e. The van der Waals surface area contributed by atoms with E-state index < -0.39 is 16.4 Å². The maximum Gasteiger partial charge on any atom is 0.282 e. The molecule has 1 aromatic rings. The number of aliphatic hydroxyl groups is 1. The lowest BCUT2D eigenvalue weighted by atomic mass is 9.95. The third kappa shape index (κ3) is 5.61. The number of rotatable bonds is 7. The lowest BCUT2D eigenvalue weighted by Gasteiger charge is -2.24. The molecule has 7 heteroatoms. The van der Waals surface area contributed by atoms with Gasteiger partial charge in [-0.2, -0.15) is 0 Å². The van der Waals surface area contributed by atoms with Gasteiger partial charge in [0.1, 0.15) is 5.56 Å². The predicted octanol–water partition coefficient (Wildman–Crippen LogP) is 3.17. The van der Waals surface area contributed by atoms with Crippen molar-refractivity contribution in [2.75, 3.05) is 6.54 Å². The fourth-order valence-electron chi connectivity index (χ4n) is 1.90. The lowest BCUT2D eigenvalue weighted by molar-refractivity contribution is -0.385. The van der Waals surface area contributed by atoms with Gasteiger partial charge < -0.3 is 10.4 Å². The van der Waals surface area contributed by atoms with Crippen LogP contribution in [0.15, 0.2) is 18.2 Å². The van der Waals surface area contributed by atoms with Crippen molar-refractivity contribution >= 4 is 23.2 Å². The van der Waals surface area contributed by atoms with Crippen molar-refractivity contribution in [2.24, 2.45) is 5.92 Å². The number of amides is 1. The van der Waals surface area contributed by atoms with Crippen LogP contribution in [0.2, 0.25) is 5.02 Å². The van der Waals surface area contributed by atoms with Gasteiger partial charge >= 0.3 is 0 Å². The summed E-state index contributed by atoms with van der Waals surface area (Å²) >= 11 is 5.79. The number of halogens is 1. The summed E-state index contributed by atoms with van der Waals surface area (Å²) < 4.78 is 0. The summed E-state index contributed by atoms with van der Waals surface area (Å²) in [4.78, 5) is 22.4. The largest absolute Gasteiger partial charge is 0.388 e. The number of benzene rings is 1. The van der Waals surface area contributed by atoms with Crippen LogP contribution in [0, 0.1) is 16.0 Å². The molecule has 0 aliphatic rings. The Morgan fingerprint density at radius 1 is 1.50 bits per heavy atom. The number of nitro benzene ring substituents is 1. The Bertz CT molecular complexity index is 558. The highest BCUT2D eigenvalue weighted by atomic mass is 35.5. The molecular formula is C15H21ClN2O4. The van der Waals surface area contributed by atoms with Crippen molar-refractivity contribution in [2.45, 2.75) is 39.2 Å². The number of nitrogens with one attached hydrogen (secondary N) is 1. The highest BCUT2D eigenvalue weighted by Gasteiger charge is 2.25. The van der Waals surface area contributed by atoms with Crippen molar-refractivity contribution in [1.29, 1.82) is 0 Å². The van der Waals surface area contributed by atoms with Crippen molar-refractivity contribution in [3.8, 4) is 0 Å². The Labute approximate surface area is 134 Å². The molecule has 0 spiro atoms. The first-order chi connectivity index (χ1) is 10.1. The van der Waals surface area contributed by atoms with Gasteiger partial charge in [0.05, 0.1) is 10.5 Å². The van der Waals surface area contributed by atoms with E-state index in [0.29, 0.717) is 12.3 Å². The molecule has 0 saturated carbocycles. The summed E-state index contributed by atoms with van der Waals surface area (Å²) in [7, 11) is 0. The van der Waals surface area contributed by atoms with Crippen molar-refractivity contribution in [3.63, 3.8) is 0 Å². The third-order valence-corrected chi connectivity index (χ3v) is 3.53. The molecule has 1 rings (SSSR count). The second-order valence-electron chi connectivity index (χ2n) is 6.03. The van der Waals surface area contributed by atoms with Gasteiger partial charge in [-0.3, -0.25) is 14.9 Å². The molecule has 1 amide bonds. The summed E-state index contributed by atoms with van der Waals surface area (Å²) in [5.74, 6) is -0.185. The topological polar surface area (TPSA) is 92.5 Å². The standard InChI is InChI=1S/C15H21ClN2O4/c1-10(2)6-7-15(3,20)9-17-14(19)12-8-11(16)4-5-13(12)18(21)22/h4-5,8,10,20H,6-7,9H2,1-3H3,(H,17,19). The minimum absolute atomic E-state index is 0.0161. The molecule has 122 valence electrons. The summed E-state index contributed by atoms with van der Waals surface area (Å²) in [6.07, 6.45) is 1.35. The molecule has 0 aliphatic carbocycles. The predicted molar refractivity (Wildman–Crippen MR) is 85.1 cm³/mol. The molecule has 0 fully saturated rings. The first kappa shape index (κ1) is 18.4. The van der Waals surface area contributed by atoms with Crippen LogP contribution in [0.4, 0.5) is 5.69 Å². The van der Waals surface area contributed by atoms with E-state index in [2.05, 4.69) is 5.32 Å². The second kappa shape index (κ2) is 7.56. The number of carbonyl (C=O) groups excluding carboxylic acids is 1. The second-order valence-corrected chi connectivity index (χ2v) is 6.47. The van der Waals surface area contributed by atoms with Gasteiger partial charge in [0.15, 0.2) is 0 Å². The van der Waals surface area contributed by atoms with Gasteiger partial charge in [-0.25, -0.2) is 0 Å². The SMILES string of the molecule is CC(C)CCC(C)(O)CNC(=O)c1cc(Cl)ccc1[N+](=O)[O-]. The number of nitrogens with zero attached hydrogens (tertiary/aromatic N) is 1. The van der Waals surface area contributed by atoms with E-state index in [1.165, 1.54) is 18.2 Å². The van der Waals surface area contributed by atoms with Crippen LogP contribution in [0.25, 0.3) is 0 Å². The van der Waals surface area contributed by atoms with Gasteiger partial charge in [0.25, 0.3) is 11.6 Å². The van der Waals surface area contributed by atoms with Crippen LogP contribution < -0.4 is 5.32 Å². The molecule has 1 atom stereocenters. The highest BCUT2D eigenvalue weighted by Crippen LogP contribution is 2.23. The Balaban J connectivity index is 2.77. The average molecular weight is 329 g/mol. The number of nitro groups is 1. The zero-order valence-corrected chi connectivity index (χ0v) is 13.7. The Morgan fingerprint density at radius 2 is 2.14 bits per heavy atom. The zero-order valence-electron chi connectivity index (χ0n) is 12.9. The van der Waals surface area contributed by atoms with Gasteiger partial charge in [0, 0.05) is 17.6 Å². The summed E-state index contributed by atoms with van der Waals surface area (Å²) in [5, 5.41) is 23.9. The minimum Gasteiger partial charge on any atom is -0.388 e. The lowest BCUT2D eigenvalue weighted by Crippen LogP contribution is -2.41. The molecule has 6 nitrogen and oxygen atoms in total. The van der Waals surface area contributed by atoms with Gasteiger partial charge in [0.2, 0.25) is 0 Å². The van der Waals surface area contributed by atoms with Crippen molar-refractivity contribution in [1.82, 2.24) is 5.32 Å². The molecule has 1 unspecified atom stereocenters. The first-order valence-electron chi connectivity index (χ1n) is 7.07. The van der Waals surface area contributed by atoms with Crippen LogP contribution in [0.3, 0.4) is 0 Å². The molecule has 2 N–H and O–H groups in total. The van der Waals surface area contributed by atoms with Gasteiger partial charge in [-0.05, 0) is 37.8 Å². The first-order valence-corrected chi connectivity index (χ1v) is 7.45. The molecule has 0 heterocycles. The Kier molecular flexibility index (Phi) is 6.32. The number of carbonyl (C=O) groups is 1. The van der Waals surface area contributed by atoms with Crippen LogP contribution in [-0.2, 0) is 0 Å². The molecule has 0 aliphatic heterocycles. The van der Waals surface area contributed by atoms with Crippen LogP contribution in [-0.4, -0.2) is 28.1 Å². The van der Waals surface area contributed by atoms with E-state index in [1.807, 2.05) is 13.8 Å². The fourth-order valence-corrected chi connectivity index (χ4v) is 2.08. The summed E-state index contributed by atoms with van der Waals surface area (Å²) in [5.41, 5.74) is -1.49. The molecule has 0 radical (unpaired) electrons. The minimum atomic E-state index is -1.06. The maximum atomic E-state index is 12.1. The van der Waals surface area contributed by atoms with Gasteiger partial charge in [-0.15, -0.1) is 0 Å². The van der Waals surface area contributed by atoms with E-state index in [0.717, 1.165) is 6.42 Å². The van der Waals surface area contributed by atoms with Crippen molar-refractivity contribution < 1.29 is 14.8 Å². The number of hydrogen-bond acceptors (Lipinski definition) is 4. The Hall–Kier alpha value is -1.66. The molecule has 0 bridgehead atoms. The van der Waals surface area contributed by atoms with E-state index >= 15 is 0 Å². The fraction of sp³-hybridized carbons (Fsp3) is 0.533. The van der Waals surface area contributed by atoms with Crippen molar-refractivity contribution in [3.05, 3.63) is 38.9 Å². The maximum absolute atomic E-state index is 12.1. The molecule has 0 saturated heterocycles. The van der Waals surface area contributed by atoms with E-state index in [9.17, 15) is 20.0 Å². The molecule has 0 aromatic heterocycles. The van der Waals surface area contributed by atoms with E-state index in [1.54, 1.807) is 6.92 Å². The normalized spacial score (nSPS) is 13.7. The molecule has 1 aromatic carbocycles.